The molecule has 25 heavy (non-hydrogen) atoms. The van der Waals surface area contributed by atoms with Gasteiger partial charge >= 0.3 is 0 Å². The van der Waals surface area contributed by atoms with Gasteiger partial charge in [0, 0.05) is 12.1 Å². The monoisotopic (exact) mass is 345 g/mol. The number of oxime groups is 1. The van der Waals surface area contributed by atoms with E-state index in [0.29, 0.717) is 16.7 Å². The molecule has 5 fully saturated rings. The third-order valence-corrected chi connectivity index (χ3v) is 10.0. The molecule has 3 heteroatoms. The Labute approximate surface area is 152 Å². The summed E-state index contributed by atoms with van der Waals surface area (Å²) in [5, 5.41) is 23.1. The van der Waals surface area contributed by atoms with Gasteiger partial charge in [-0.05, 0) is 112 Å². The van der Waals surface area contributed by atoms with E-state index < -0.39 is 5.60 Å². The van der Waals surface area contributed by atoms with Crippen molar-refractivity contribution in [1.29, 1.82) is 0 Å². The molecule has 5 aliphatic rings. The van der Waals surface area contributed by atoms with E-state index in [1.807, 2.05) is 6.21 Å². The number of rotatable bonds is 1. The van der Waals surface area contributed by atoms with Gasteiger partial charge in [-0.25, -0.2) is 0 Å². The minimum absolute atomic E-state index is 0.353. The molecule has 0 saturated heterocycles. The van der Waals surface area contributed by atoms with Crippen LogP contribution in [0, 0.1) is 46.3 Å². The fourth-order valence-corrected chi connectivity index (χ4v) is 8.74. The molecule has 0 amide bonds. The second kappa shape index (κ2) is 5.24. The van der Waals surface area contributed by atoms with Gasteiger partial charge in [-0.2, -0.15) is 0 Å². The van der Waals surface area contributed by atoms with Gasteiger partial charge in [0.05, 0.1) is 5.60 Å². The molecule has 0 aromatic heterocycles. The van der Waals surface area contributed by atoms with Crippen LogP contribution in [0.5, 0.6) is 0 Å². The van der Waals surface area contributed by atoms with Crippen molar-refractivity contribution in [2.75, 3.05) is 0 Å². The summed E-state index contributed by atoms with van der Waals surface area (Å²) in [6, 6.07) is 0. The van der Waals surface area contributed by atoms with Crippen LogP contribution in [0.1, 0.15) is 78.1 Å². The largest absolute Gasteiger partial charge is 0.411 e. The maximum Gasteiger partial charge on any atom is 0.0622 e. The molecule has 0 aliphatic heterocycles. The van der Waals surface area contributed by atoms with Gasteiger partial charge in [0.25, 0.3) is 0 Å². The Bertz CT molecular complexity index is 587. The van der Waals surface area contributed by atoms with Crippen molar-refractivity contribution in [1.82, 2.24) is 0 Å². The number of nitrogens with zero attached hydrogens (tertiary/aromatic N) is 1. The van der Waals surface area contributed by atoms with Crippen LogP contribution in [0.25, 0.3) is 0 Å². The van der Waals surface area contributed by atoms with E-state index in [2.05, 4.69) is 19.0 Å². The highest BCUT2D eigenvalue weighted by Gasteiger charge is 2.72. The third kappa shape index (κ3) is 2.17. The first-order valence-corrected chi connectivity index (χ1v) is 10.8. The minimum atomic E-state index is -0.412. The quantitative estimate of drug-likeness (QED) is 0.405. The van der Waals surface area contributed by atoms with Crippen molar-refractivity contribution < 1.29 is 10.3 Å². The Morgan fingerprint density at radius 1 is 0.920 bits per heavy atom. The summed E-state index contributed by atoms with van der Waals surface area (Å²) in [5.41, 5.74) is 0.560. The zero-order chi connectivity index (χ0) is 17.4. The SMILES string of the molecule is C[C@@]1(O)CCC2[C@@H](CCC3C4C[C@@H]5CCC(/C=N/O)[C@@]5(C)CC[C@]342)C1. The molecule has 1 spiro atoms. The molecule has 4 unspecified atom stereocenters. The van der Waals surface area contributed by atoms with Gasteiger partial charge < -0.3 is 10.3 Å². The molecule has 0 bridgehead atoms. The Balaban J connectivity index is 1.41. The predicted octanol–water partition coefficient (Wildman–Crippen LogP) is 4.86. The van der Waals surface area contributed by atoms with Gasteiger partial charge in [-0.1, -0.05) is 6.92 Å². The van der Waals surface area contributed by atoms with Gasteiger partial charge in [0.2, 0.25) is 0 Å². The lowest BCUT2D eigenvalue weighted by atomic mass is 9.59. The normalized spacial score (nSPS) is 60.3. The topological polar surface area (TPSA) is 52.8 Å². The number of fused-ring (bicyclic) bond motifs is 3. The van der Waals surface area contributed by atoms with Crippen LogP contribution < -0.4 is 0 Å². The fourth-order valence-electron chi connectivity index (χ4n) is 8.74. The summed E-state index contributed by atoms with van der Waals surface area (Å²) < 4.78 is 0. The highest BCUT2D eigenvalue weighted by atomic mass is 16.4. The first-order valence-electron chi connectivity index (χ1n) is 10.8. The Morgan fingerprint density at radius 3 is 2.56 bits per heavy atom. The van der Waals surface area contributed by atoms with E-state index >= 15 is 0 Å². The van der Waals surface area contributed by atoms with Crippen LogP contribution in [0.4, 0.5) is 0 Å². The van der Waals surface area contributed by atoms with Crippen molar-refractivity contribution in [3.8, 4) is 0 Å². The number of hydrogen-bond donors (Lipinski definition) is 2. The lowest BCUT2D eigenvalue weighted by molar-refractivity contribution is -0.0540. The van der Waals surface area contributed by atoms with Crippen molar-refractivity contribution in [2.24, 2.45) is 51.5 Å². The van der Waals surface area contributed by atoms with E-state index in [-0.39, 0.29) is 0 Å². The summed E-state index contributed by atoms with van der Waals surface area (Å²) in [6.07, 6.45) is 14.6. The Hall–Kier alpha value is -0.570. The van der Waals surface area contributed by atoms with E-state index in [0.717, 1.165) is 42.4 Å². The average Bonchev–Trinajstić information content (AvgIpc) is 3.13. The van der Waals surface area contributed by atoms with E-state index in [1.54, 1.807) is 0 Å². The van der Waals surface area contributed by atoms with Gasteiger partial charge in [-0.15, -0.1) is 5.16 Å². The number of aliphatic hydroxyl groups is 1. The van der Waals surface area contributed by atoms with Gasteiger partial charge in [0.1, 0.15) is 0 Å². The molecule has 140 valence electrons. The Kier molecular flexibility index (Phi) is 3.48. The molecule has 0 aromatic carbocycles. The molecular formula is C22H35NO2. The molecule has 5 rings (SSSR count). The summed E-state index contributed by atoms with van der Waals surface area (Å²) in [4.78, 5) is 0. The van der Waals surface area contributed by atoms with E-state index in [9.17, 15) is 5.11 Å². The minimum Gasteiger partial charge on any atom is -0.411 e. The summed E-state index contributed by atoms with van der Waals surface area (Å²) in [5.74, 6) is 4.90. The number of hydrogen-bond acceptors (Lipinski definition) is 3. The van der Waals surface area contributed by atoms with Crippen molar-refractivity contribution in [3.05, 3.63) is 0 Å². The molecule has 0 heterocycles. The standard InChI is InChI=1S/C22H35NO2/c1-20(24)8-7-17-14(12-20)3-6-18-19-11-15-4-5-16(13-23-25)21(15,2)9-10-22(17,18)19/h13-19,24-25H,3-12H2,1-2H3/b23-13+/t14-,15-,16?,17?,18?,19?,20+,21-,22-/m0/s1. The molecule has 0 aromatic rings. The van der Waals surface area contributed by atoms with E-state index in [1.165, 1.54) is 51.4 Å². The van der Waals surface area contributed by atoms with Crippen molar-refractivity contribution in [3.63, 3.8) is 0 Å². The second-order valence-corrected chi connectivity index (χ2v) is 10.9. The highest BCUT2D eigenvalue weighted by Crippen LogP contribution is 2.79. The van der Waals surface area contributed by atoms with Crippen molar-refractivity contribution >= 4 is 6.21 Å². The molecular weight excluding hydrogens is 310 g/mol. The lowest BCUT2D eigenvalue weighted by Gasteiger charge is -2.47. The lowest BCUT2D eigenvalue weighted by Crippen LogP contribution is -2.42. The molecule has 9 atom stereocenters. The zero-order valence-electron chi connectivity index (χ0n) is 16.0. The summed E-state index contributed by atoms with van der Waals surface area (Å²) in [7, 11) is 0. The Morgan fingerprint density at radius 2 is 1.76 bits per heavy atom. The highest BCUT2D eigenvalue weighted by molar-refractivity contribution is 5.62. The molecule has 3 nitrogen and oxygen atoms in total. The first-order chi connectivity index (χ1) is 11.9. The van der Waals surface area contributed by atoms with Crippen LogP contribution in [-0.2, 0) is 0 Å². The smallest absolute Gasteiger partial charge is 0.0622 e. The van der Waals surface area contributed by atoms with Crippen LogP contribution >= 0.6 is 0 Å². The average molecular weight is 346 g/mol. The molecule has 5 saturated carbocycles. The fraction of sp³-hybridized carbons (Fsp3) is 0.955. The van der Waals surface area contributed by atoms with Gasteiger partial charge in [-0.3, -0.25) is 0 Å². The molecule has 2 N–H and O–H groups in total. The maximum atomic E-state index is 10.6. The van der Waals surface area contributed by atoms with Crippen molar-refractivity contribution in [2.45, 2.75) is 83.7 Å². The van der Waals surface area contributed by atoms with Crippen LogP contribution in [0.15, 0.2) is 5.16 Å². The molecule has 0 radical (unpaired) electrons. The molecule has 5 aliphatic carbocycles. The van der Waals surface area contributed by atoms with E-state index in [4.69, 9.17) is 5.21 Å². The zero-order valence-corrected chi connectivity index (χ0v) is 16.0. The third-order valence-electron chi connectivity index (χ3n) is 10.0. The predicted molar refractivity (Wildman–Crippen MR) is 98.6 cm³/mol. The summed E-state index contributed by atoms with van der Waals surface area (Å²) in [6.45, 7) is 4.55. The van der Waals surface area contributed by atoms with Gasteiger partial charge in [0.15, 0.2) is 0 Å². The van der Waals surface area contributed by atoms with Crippen LogP contribution in [0.2, 0.25) is 0 Å². The summed E-state index contributed by atoms with van der Waals surface area (Å²) >= 11 is 0. The van der Waals surface area contributed by atoms with Crippen LogP contribution in [0.3, 0.4) is 0 Å². The van der Waals surface area contributed by atoms with Crippen LogP contribution in [-0.4, -0.2) is 22.1 Å². The second-order valence-electron chi connectivity index (χ2n) is 10.9. The maximum absolute atomic E-state index is 10.6. The first kappa shape index (κ1) is 16.6.